The Hall–Kier alpha value is -2.95. The summed E-state index contributed by atoms with van der Waals surface area (Å²) in [7, 11) is 0. The van der Waals surface area contributed by atoms with Gasteiger partial charge in [0.1, 0.15) is 0 Å². The van der Waals surface area contributed by atoms with Crippen molar-refractivity contribution in [1.29, 1.82) is 0 Å². The molecule has 0 spiro atoms. The van der Waals surface area contributed by atoms with Crippen LogP contribution in [-0.4, -0.2) is 24.3 Å². The first kappa shape index (κ1) is 16.9. The Morgan fingerprint density at radius 2 is 1.84 bits per heavy atom. The average molecular weight is 337 g/mol. The molecule has 0 saturated carbocycles. The Morgan fingerprint density at radius 3 is 2.56 bits per heavy atom. The number of amides is 1. The minimum absolute atomic E-state index is 0.0795. The van der Waals surface area contributed by atoms with Crippen LogP contribution < -0.4 is 5.32 Å². The summed E-state index contributed by atoms with van der Waals surface area (Å²) in [5.74, 6) is -1.09. The number of benzene rings is 2. The molecule has 5 nitrogen and oxygen atoms in total. The molecule has 1 heterocycles. The molecule has 0 fully saturated rings. The van der Waals surface area contributed by atoms with Gasteiger partial charge in [0.25, 0.3) is 0 Å². The summed E-state index contributed by atoms with van der Waals surface area (Å²) >= 11 is 0. The van der Waals surface area contributed by atoms with E-state index in [0.717, 1.165) is 22.4 Å². The SMILES string of the molecule is Cc1ccc(CC(=O)OCC(=O)c2ccc3c(c2)[C@@H](C)C(=O)N3)cc1. The topological polar surface area (TPSA) is 72.5 Å². The Bertz CT molecular complexity index is 839. The van der Waals surface area contributed by atoms with E-state index >= 15 is 0 Å². The number of esters is 1. The van der Waals surface area contributed by atoms with E-state index in [4.69, 9.17) is 4.74 Å². The number of rotatable bonds is 5. The number of carbonyl (C=O) groups excluding carboxylic acids is 3. The van der Waals surface area contributed by atoms with Crippen LogP contribution in [0.15, 0.2) is 42.5 Å². The molecule has 0 unspecified atom stereocenters. The van der Waals surface area contributed by atoms with Gasteiger partial charge in [0.05, 0.1) is 12.3 Å². The van der Waals surface area contributed by atoms with E-state index < -0.39 is 5.97 Å². The lowest BCUT2D eigenvalue weighted by molar-refractivity contribution is -0.141. The Balaban J connectivity index is 1.59. The van der Waals surface area contributed by atoms with Crippen LogP contribution in [0, 0.1) is 6.92 Å². The zero-order valence-electron chi connectivity index (χ0n) is 14.2. The summed E-state index contributed by atoms with van der Waals surface area (Å²) < 4.78 is 5.09. The maximum atomic E-state index is 12.3. The number of Topliss-reactive ketones (excluding diaryl/α,β-unsaturated/α-hetero) is 1. The van der Waals surface area contributed by atoms with Gasteiger partial charge in [-0.1, -0.05) is 29.8 Å². The highest BCUT2D eigenvalue weighted by atomic mass is 16.5. The largest absolute Gasteiger partial charge is 0.457 e. The van der Waals surface area contributed by atoms with Gasteiger partial charge in [-0.3, -0.25) is 14.4 Å². The van der Waals surface area contributed by atoms with E-state index in [-0.39, 0.29) is 30.6 Å². The fraction of sp³-hybridized carbons (Fsp3) is 0.250. The normalized spacial score (nSPS) is 15.4. The van der Waals surface area contributed by atoms with Crippen molar-refractivity contribution >= 4 is 23.3 Å². The Kier molecular flexibility index (Phi) is 4.65. The van der Waals surface area contributed by atoms with Crippen molar-refractivity contribution in [3.05, 3.63) is 64.7 Å². The molecular formula is C20H19NO4. The van der Waals surface area contributed by atoms with E-state index in [1.54, 1.807) is 25.1 Å². The fourth-order valence-corrected chi connectivity index (χ4v) is 2.74. The third kappa shape index (κ3) is 3.76. The van der Waals surface area contributed by atoms with Crippen molar-refractivity contribution in [2.24, 2.45) is 0 Å². The van der Waals surface area contributed by atoms with Gasteiger partial charge >= 0.3 is 5.97 Å². The van der Waals surface area contributed by atoms with Gasteiger partial charge in [-0.15, -0.1) is 0 Å². The van der Waals surface area contributed by atoms with Crippen molar-refractivity contribution in [2.45, 2.75) is 26.2 Å². The lowest BCUT2D eigenvalue weighted by Crippen LogP contribution is -2.16. The van der Waals surface area contributed by atoms with Crippen molar-refractivity contribution in [2.75, 3.05) is 11.9 Å². The van der Waals surface area contributed by atoms with Crippen LogP contribution in [0.2, 0.25) is 0 Å². The van der Waals surface area contributed by atoms with Crippen LogP contribution in [-0.2, 0) is 20.7 Å². The molecule has 1 atom stereocenters. The van der Waals surface area contributed by atoms with Gasteiger partial charge in [0, 0.05) is 11.3 Å². The lowest BCUT2D eigenvalue weighted by atomic mass is 9.99. The highest BCUT2D eigenvalue weighted by Crippen LogP contribution is 2.32. The number of carbonyl (C=O) groups is 3. The molecule has 3 rings (SSSR count). The Morgan fingerprint density at radius 1 is 1.12 bits per heavy atom. The van der Waals surface area contributed by atoms with Crippen LogP contribution in [0.5, 0.6) is 0 Å². The van der Waals surface area contributed by atoms with E-state index in [1.807, 2.05) is 31.2 Å². The highest BCUT2D eigenvalue weighted by molar-refractivity contribution is 6.05. The molecule has 0 aromatic heterocycles. The van der Waals surface area contributed by atoms with Gasteiger partial charge < -0.3 is 10.1 Å². The average Bonchev–Trinajstić information content (AvgIpc) is 2.89. The molecule has 0 saturated heterocycles. The molecule has 128 valence electrons. The van der Waals surface area contributed by atoms with Gasteiger partial charge in [0.15, 0.2) is 12.4 Å². The molecule has 1 amide bonds. The van der Waals surface area contributed by atoms with Crippen molar-refractivity contribution in [1.82, 2.24) is 0 Å². The fourth-order valence-electron chi connectivity index (χ4n) is 2.74. The third-order valence-corrected chi connectivity index (χ3v) is 4.32. The second-order valence-corrected chi connectivity index (χ2v) is 6.26. The number of ether oxygens (including phenoxy) is 1. The monoisotopic (exact) mass is 337 g/mol. The number of hydrogen-bond acceptors (Lipinski definition) is 4. The number of hydrogen-bond donors (Lipinski definition) is 1. The van der Waals surface area contributed by atoms with Crippen LogP contribution in [0.1, 0.15) is 39.9 Å². The minimum atomic E-state index is -0.441. The number of nitrogens with one attached hydrogen (secondary N) is 1. The van der Waals surface area contributed by atoms with Crippen LogP contribution >= 0.6 is 0 Å². The van der Waals surface area contributed by atoms with E-state index in [9.17, 15) is 14.4 Å². The number of fused-ring (bicyclic) bond motifs is 1. The summed E-state index contributed by atoms with van der Waals surface area (Å²) in [5, 5.41) is 2.76. The maximum absolute atomic E-state index is 12.3. The van der Waals surface area contributed by atoms with E-state index in [1.165, 1.54) is 0 Å². The molecule has 2 aromatic carbocycles. The minimum Gasteiger partial charge on any atom is -0.457 e. The zero-order chi connectivity index (χ0) is 18.0. The van der Waals surface area contributed by atoms with Gasteiger partial charge in [-0.05, 0) is 43.2 Å². The summed E-state index contributed by atoms with van der Waals surface area (Å²) in [6.07, 6.45) is 0.132. The third-order valence-electron chi connectivity index (χ3n) is 4.32. The molecule has 25 heavy (non-hydrogen) atoms. The smallest absolute Gasteiger partial charge is 0.310 e. The standard InChI is InChI=1S/C20H19NO4/c1-12-3-5-14(6-4-12)9-19(23)25-11-18(22)15-7-8-17-16(10-15)13(2)20(24)21-17/h3-8,10,13H,9,11H2,1-2H3,(H,21,24)/t13-/m1/s1. The molecule has 0 aliphatic carbocycles. The highest BCUT2D eigenvalue weighted by Gasteiger charge is 2.27. The first-order chi connectivity index (χ1) is 11.9. The maximum Gasteiger partial charge on any atom is 0.310 e. The second kappa shape index (κ2) is 6.89. The van der Waals surface area contributed by atoms with Crippen LogP contribution in [0.4, 0.5) is 5.69 Å². The molecule has 1 aliphatic heterocycles. The number of aryl methyl sites for hydroxylation is 1. The quantitative estimate of drug-likeness (QED) is 0.672. The summed E-state index contributed by atoms with van der Waals surface area (Å²) in [4.78, 5) is 35.8. The first-order valence-corrected chi connectivity index (χ1v) is 8.13. The molecule has 1 aliphatic rings. The second-order valence-electron chi connectivity index (χ2n) is 6.26. The van der Waals surface area contributed by atoms with Crippen LogP contribution in [0.25, 0.3) is 0 Å². The van der Waals surface area contributed by atoms with Crippen molar-refractivity contribution in [3.8, 4) is 0 Å². The molecule has 0 bridgehead atoms. The summed E-state index contributed by atoms with van der Waals surface area (Å²) in [5.41, 5.74) is 3.92. The predicted molar refractivity (Wildman–Crippen MR) is 93.7 cm³/mol. The van der Waals surface area contributed by atoms with Gasteiger partial charge in [0.2, 0.25) is 5.91 Å². The molecule has 0 radical (unpaired) electrons. The van der Waals surface area contributed by atoms with Crippen molar-refractivity contribution < 1.29 is 19.1 Å². The molecule has 2 aromatic rings. The number of anilines is 1. The Labute approximate surface area is 146 Å². The van der Waals surface area contributed by atoms with Crippen molar-refractivity contribution in [3.63, 3.8) is 0 Å². The zero-order valence-corrected chi connectivity index (χ0v) is 14.2. The van der Waals surface area contributed by atoms with E-state index in [2.05, 4.69) is 5.32 Å². The summed E-state index contributed by atoms with van der Waals surface area (Å²) in [6.45, 7) is 3.46. The van der Waals surface area contributed by atoms with Crippen LogP contribution in [0.3, 0.4) is 0 Å². The first-order valence-electron chi connectivity index (χ1n) is 8.13. The summed E-state index contributed by atoms with van der Waals surface area (Å²) in [6, 6.07) is 12.6. The molecular weight excluding hydrogens is 318 g/mol. The van der Waals surface area contributed by atoms with Gasteiger partial charge in [-0.25, -0.2) is 0 Å². The predicted octanol–water partition coefficient (Wildman–Crippen LogP) is 3.02. The molecule has 1 N–H and O–H groups in total. The van der Waals surface area contributed by atoms with E-state index in [0.29, 0.717) is 5.56 Å². The molecule has 5 heteroatoms. The lowest BCUT2D eigenvalue weighted by Gasteiger charge is -2.07. The number of ketones is 1. The van der Waals surface area contributed by atoms with Gasteiger partial charge in [-0.2, -0.15) is 0 Å².